The first-order chi connectivity index (χ1) is 15.9. The van der Waals surface area contributed by atoms with Gasteiger partial charge in [-0.25, -0.2) is 4.79 Å². The van der Waals surface area contributed by atoms with Crippen LogP contribution in [0.5, 0.6) is 0 Å². The summed E-state index contributed by atoms with van der Waals surface area (Å²) in [6.45, 7) is 7.28. The fourth-order valence-electron chi connectivity index (χ4n) is 5.53. The number of allylic oxidation sites excluding steroid dienone is 2. The lowest BCUT2D eigenvalue weighted by Crippen LogP contribution is -2.50. The van der Waals surface area contributed by atoms with E-state index >= 15 is 0 Å². The van der Waals surface area contributed by atoms with E-state index in [9.17, 15) is 24.6 Å². The average molecular weight is 481 g/mol. The fourth-order valence-corrected chi connectivity index (χ4v) is 5.53. The number of carbonyl (C=O) groups is 3. The normalized spacial score (nSPS) is 41.7. The highest BCUT2D eigenvalue weighted by Crippen LogP contribution is 2.44. The van der Waals surface area contributed by atoms with E-state index in [1.165, 1.54) is 19.4 Å². The third-order valence-corrected chi connectivity index (χ3v) is 7.72. The average Bonchev–Trinajstić information content (AvgIpc) is 3.33. The summed E-state index contributed by atoms with van der Waals surface area (Å²) in [5.41, 5.74) is -2.41. The Bertz CT molecular complexity index is 797. The molecular formula is C26H40O8. The van der Waals surface area contributed by atoms with Gasteiger partial charge in [0.15, 0.2) is 11.4 Å². The van der Waals surface area contributed by atoms with Crippen LogP contribution in [0, 0.1) is 11.8 Å². The first kappa shape index (κ1) is 26.8. The van der Waals surface area contributed by atoms with E-state index in [4.69, 9.17) is 14.2 Å². The molecule has 0 aromatic rings. The van der Waals surface area contributed by atoms with Gasteiger partial charge in [0.1, 0.15) is 17.8 Å². The van der Waals surface area contributed by atoms with Gasteiger partial charge in [0.2, 0.25) is 0 Å². The lowest BCUT2D eigenvalue weighted by atomic mass is 9.73. The number of ketones is 1. The van der Waals surface area contributed by atoms with E-state index in [1.54, 1.807) is 0 Å². The van der Waals surface area contributed by atoms with Gasteiger partial charge in [0.05, 0.1) is 6.10 Å². The lowest BCUT2D eigenvalue weighted by molar-refractivity contribution is -0.167. The molecule has 7 unspecified atom stereocenters. The standard InChI is InChI=1S/C26H40O8/c1-16-8-5-10-17(2)22(33-18(3)27)23-20(14-21(28)25(4,30)12-6-9-16)26(31,24(29)34-23)15-19-11-7-13-32-19/h9,17,19-20,22-23,30-31H,5-8,10-15H2,1-4H3/b16-9-. The van der Waals surface area contributed by atoms with Crippen LogP contribution in [-0.4, -0.2) is 64.1 Å². The van der Waals surface area contributed by atoms with Gasteiger partial charge >= 0.3 is 11.9 Å². The summed E-state index contributed by atoms with van der Waals surface area (Å²) < 4.78 is 17.0. The van der Waals surface area contributed by atoms with Crippen LogP contribution in [0.1, 0.15) is 85.5 Å². The van der Waals surface area contributed by atoms with Gasteiger partial charge in [-0.2, -0.15) is 0 Å². The largest absolute Gasteiger partial charge is 0.458 e. The number of esters is 2. The summed E-state index contributed by atoms with van der Waals surface area (Å²) in [5.74, 6) is -2.94. The highest BCUT2D eigenvalue weighted by molar-refractivity contribution is 5.89. The maximum absolute atomic E-state index is 13.3. The number of carbonyl (C=O) groups excluding carboxylic acids is 3. The van der Waals surface area contributed by atoms with E-state index in [0.29, 0.717) is 19.4 Å². The molecule has 0 radical (unpaired) electrons. The first-order valence-corrected chi connectivity index (χ1v) is 12.6. The highest BCUT2D eigenvalue weighted by Gasteiger charge is 2.61. The Balaban J connectivity index is 2.00. The van der Waals surface area contributed by atoms with Crippen molar-refractivity contribution in [2.24, 2.45) is 11.8 Å². The van der Waals surface area contributed by atoms with Gasteiger partial charge in [0.25, 0.3) is 0 Å². The number of rotatable bonds is 3. The van der Waals surface area contributed by atoms with Crippen molar-refractivity contribution in [3.63, 3.8) is 0 Å². The molecule has 7 atom stereocenters. The van der Waals surface area contributed by atoms with Crippen LogP contribution in [0.4, 0.5) is 0 Å². The highest BCUT2D eigenvalue weighted by atomic mass is 16.6. The Morgan fingerprint density at radius 1 is 1.24 bits per heavy atom. The van der Waals surface area contributed by atoms with Crippen molar-refractivity contribution < 1.29 is 38.8 Å². The second-order valence-electron chi connectivity index (χ2n) is 10.7. The van der Waals surface area contributed by atoms with E-state index in [-0.39, 0.29) is 31.3 Å². The Morgan fingerprint density at radius 2 is 1.97 bits per heavy atom. The van der Waals surface area contributed by atoms with E-state index in [2.05, 4.69) is 0 Å². The van der Waals surface area contributed by atoms with Crippen LogP contribution in [0.3, 0.4) is 0 Å². The minimum Gasteiger partial charge on any atom is -0.458 e. The second kappa shape index (κ2) is 10.9. The number of Topliss-reactive ketones (excluding diaryl/α,β-unsaturated/α-hetero) is 1. The summed E-state index contributed by atoms with van der Waals surface area (Å²) in [4.78, 5) is 38.4. The van der Waals surface area contributed by atoms with Crippen LogP contribution in [-0.2, 0) is 28.6 Å². The van der Waals surface area contributed by atoms with Crippen molar-refractivity contribution in [3.05, 3.63) is 11.6 Å². The molecule has 0 aromatic heterocycles. The SMILES string of the molecule is CC(=O)OC1C(C)CCC/C(C)=C\CCC(C)(O)C(=O)CC2C1OC(=O)C2(O)CC1CCCO1. The predicted octanol–water partition coefficient (Wildman–Crippen LogP) is 3.02. The maximum Gasteiger partial charge on any atom is 0.339 e. The monoisotopic (exact) mass is 480 g/mol. The van der Waals surface area contributed by atoms with Crippen molar-refractivity contribution in [3.8, 4) is 0 Å². The van der Waals surface area contributed by atoms with Crippen LogP contribution >= 0.6 is 0 Å². The maximum atomic E-state index is 13.3. The first-order valence-electron chi connectivity index (χ1n) is 12.6. The molecule has 34 heavy (non-hydrogen) atoms. The van der Waals surface area contributed by atoms with Crippen molar-refractivity contribution >= 4 is 17.7 Å². The molecule has 2 aliphatic heterocycles. The molecule has 192 valence electrons. The van der Waals surface area contributed by atoms with Gasteiger partial charge in [-0.3, -0.25) is 9.59 Å². The molecule has 0 bridgehead atoms. The number of ether oxygens (including phenoxy) is 3. The van der Waals surface area contributed by atoms with Gasteiger partial charge in [-0.15, -0.1) is 0 Å². The topological polar surface area (TPSA) is 119 Å². The number of hydrogen-bond donors (Lipinski definition) is 2. The summed E-state index contributed by atoms with van der Waals surface area (Å²) >= 11 is 0. The van der Waals surface area contributed by atoms with E-state index in [1.807, 2.05) is 19.9 Å². The molecule has 2 fully saturated rings. The molecule has 0 aromatic carbocycles. The third-order valence-electron chi connectivity index (χ3n) is 7.72. The quantitative estimate of drug-likeness (QED) is 0.467. The molecule has 2 saturated heterocycles. The Labute approximate surface area is 202 Å². The van der Waals surface area contributed by atoms with Crippen molar-refractivity contribution in [2.75, 3.05) is 6.61 Å². The zero-order chi connectivity index (χ0) is 25.1. The molecule has 8 nitrogen and oxygen atoms in total. The molecule has 0 saturated carbocycles. The number of fused-ring (bicyclic) bond motifs is 1. The smallest absolute Gasteiger partial charge is 0.339 e. The van der Waals surface area contributed by atoms with Crippen molar-refractivity contribution in [2.45, 2.75) is 115 Å². The minimum atomic E-state index is -1.96. The van der Waals surface area contributed by atoms with Gasteiger partial charge in [0, 0.05) is 32.3 Å². The summed E-state index contributed by atoms with van der Waals surface area (Å²) in [7, 11) is 0. The molecule has 8 heteroatoms. The fraction of sp³-hybridized carbons (Fsp3) is 0.808. The molecule has 3 rings (SSSR count). The zero-order valence-electron chi connectivity index (χ0n) is 20.9. The van der Waals surface area contributed by atoms with Crippen LogP contribution < -0.4 is 0 Å². The van der Waals surface area contributed by atoms with E-state index in [0.717, 1.165) is 25.7 Å². The van der Waals surface area contributed by atoms with Crippen LogP contribution in [0.25, 0.3) is 0 Å². The second-order valence-corrected chi connectivity index (χ2v) is 10.7. The molecule has 2 heterocycles. The Hall–Kier alpha value is -1.77. The Morgan fingerprint density at radius 3 is 2.62 bits per heavy atom. The summed E-state index contributed by atoms with van der Waals surface area (Å²) in [6, 6.07) is 0. The lowest BCUT2D eigenvalue weighted by Gasteiger charge is -2.35. The predicted molar refractivity (Wildman–Crippen MR) is 124 cm³/mol. The van der Waals surface area contributed by atoms with Crippen LogP contribution in [0.2, 0.25) is 0 Å². The zero-order valence-corrected chi connectivity index (χ0v) is 20.9. The van der Waals surface area contributed by atoms with Gasteiger partial charge in [-0.05, 0) is 64.7 Å². The molecule has 0 amide bonds. The molecule has 1 aliphatic carbocycles. The molecular weight excluding hydrogens is 440 g/mol. The van der Waals surface area contributed by atoms with E-state index < -0.39 is 47.0 Å². The Kier molecular flexibility index (Phi) is 8.58. The van der Waals surface area contributed by atoms with Gasteiger partial charge < -0.3 is 24.4 Å². The molecule has 0 spiro atoms. The van der Waals surface area contributed by atoms with Crippen molar-refractivity contribution in [1.29, 1.82) is 0 Å². The molecule has 3 aliphatic rings. The number of hydrogen-bond acceptors (Lipinski definition) is 8. The third kappa shape index (κ3) is 6.07. The van der Waals surface area contributed by atoms with Crippen LogP contribution in [0.15, 0.2) is 11.6 Å². The summed E-state index contributed by atoms with van der Waals surface area (Å²) in [6.07, 6.45) is 4.40. The van der Waals surface area contributed by atoms with Crippen molar-refractivity contribution in [1.82, 2.24) is 0 Å². The molecule has 2 N–H and O–H groups in total. The van der Waals surface area contributed by atoms with Gasteiger partial charge in [-0.1, -0.05) is 18.6 Å². The number of aliphatic hydroxyl groups is 2. The minimum absolute atomic E-state index is 0.00548. The summed E-state index contributed by atoms with van der Waals surface area (Å²) in [5, 5.41) is 22.6.